The summed E-state index contributed by atoms with van der Waals surface area (Å²) in [5.41, 5.74) is 1.42. The van der Waals surface area contributed by atoms with Crippen molar-refractivity contribution in [3.05, 3.63) is 53.0 Å². The largest absolute Gasteiger partial charge is 0.294 e. The van der Waals surface area contributed by atoms with Crippen molar-refractivity contribution < 1.29 is 0 Å². The number of rotatable bonds is 2. The van der Waals surface area contributed by atoms with Gasteiger partial charge in [-0.25, -0.2) is 4.98 Å². The first-order valence-electron chi connectivity index (χ1n) is 5.12. The predicted octanol–water partition coefficient (Wildman–Crippen LogP) is 0.563. The van der Waals surface area contributed by atoms with Gasteiger partial charge in [0.2, 0.25) is 0 Å². The van der Waals surface area contributed by atoms with E-state index in [4.69, 9.17) is 0 Å². The minimum absolute atomic E-state index is 0.0967. The molecule has 3 aromatic rings. The fraction of sp³-hybridized carbons (Fsp3) is 0.0909. The van der Waals surface area contributed by atoms with Gasteiger partial charge in [-0.1, -0.05) is 0 Å². The molecular weight excluding hydrogens is 218 g/mol. The molecular formula is C11H9N5O. The second-order valence-electron chi connectivity index (χ2n) is 3.67. The first-order valence-corrected chi connectivity index (χ1v) is 5.12. The van der Waals surface area contributed by atoms with E-state index in [1.807, 2.05) is 12.1 Å². The van der Waals surface area contributed by atoms with Crippen LogP contribution in [-0.2, 0) is 6.54 Å². The highest BCUT2D eigenvalue weighted by molar-refractivity contribution is 5.71. The molecule has 0 fully saturated rings. The summed E-state index contributed by atoms with van der Waals surface area (Å²) >= 11 is 0. The summed E-state index contributed by atoms with van der Waals surface area (Å²) in [4.78, 5) is 20.1. The zero-order chi connectivity index (χ0) is 11.7. The average molecular weight is 227 g/mol. The van der Waals surface area contributed by atoms with E-state index >= 15 is 0 Å². The molecule has 0 aliphatic heterocycles. The van der Waals surface area contributed by atoms with Gasteiger partial charge in [0, 0.05) is 12.4 Å². The Labute approximate surface area is 96.0 Å². The minimum Gasteiger partial charge on any atom is -0.294 e. The first kappa shape index (κ1) is 9.71. The molecule has 6 nitrogen and oxygen atoms in total. The maximum atomic E-state index is 12.0. The van der Waals surface area contributed by atoms with Gasteiger partial charge in [0.1, 0.15) is 11.7 Å². The van der Waals surface area contributed by atoms with Crippen LogP contribution in [0.3, 0.4) is 0 Å². The minimum atomic E-state index is -0.0967. The number of nitrogens with zero attached hydrogens (tertiary/aromatic N) is 4. The van der Waals surface area contributed by atoms with E-state index in [9.17, 15) is 4.79 Å². The molecule has 6 heteroatoms. The van der Waals surface area contributed by atoms with Gasteiger partial charge in [-0.3, -0.25) is 19.4 Å². The van der Waals surface area contributed by atoms with Crippen LogP contribution in [0.5, 0.6) is 0 Å². The van der Waals surface area contributed by atoms with E-state index in [-0.39, 0.29) is 5.56 Å². The summed E-state index contributed by atoms with van der Waals surface area (Å²) in [7, 11) is 0. The summed E-state index contributed by atoms with van der Waals surface area (Å²) in [6.45, 7) is 0.482. The quantitative estimate of drug-likeness (QED) is 0.694. The lowest BCUT2D eigenvalue weighted by atomic mass is 10.2. The number of aromatic amines is 1. The summed E-state index contributed by atoms with van der Waals surface area (Å²) in [6, 6.07) is 3.73. The lowest BCUT2D eigenvalue weighted by Crippen LogP contribution is -2.20. The summed E-state index contributed by atoms with van der Waals surface area (Å²) < 4.78 is 1.55. The van der Waals surface area contributed by atoms with Crippen molar-refractivity contribution in [1.82, 2.24) is 24.7 Å². The maximum Gasteiger partial charge on any atom is 0.264 e. The van der Waals surface area contributed by atoms with Crippen LogP contribution in [0.4, 0.5) is 0 Å². The highest BCUT2D eigenvalue weighted by Gasteiger charge is 2.05. The molecule has 3 aromatic heterocycles. The lowest BCUT2D eigenvalue weighted by Gasteiger charge is -2.04. The molecule has 1 N–H and O–H groups in total. The average Bonchev–Trinajstić information content (AvgIpc) is 2.83. The van der Waals surface area contributed by atoms with Crippen LogP contribution in [0.25, 0.3) is 11.0 Å². The molecule has 0 amide bonds. The molecule has 17 heavy (non-hydrogen) atoms. The standard InChI is InChI=1S/C11H9N5O/c17-11-9-5-14-15-10(9)13-7-16(11)6-8-1-3-12-4-2-8/h1-5,7H,6H2,(H,14,15). The predicted molar refractivity (Wildman–Crippen MR) is 61.5 cm³/mol. The monoisotopic (exact) mass is 227 g/mol. The number of H-pyrrole nitrogens is 1. The van der Waals surface area contributed by atoms with Crippen LogP contribution in [0, 0.1) is 0 Å². The van der Waals surface area contributed by atoms with Crippen LogP contribution in [0.1, 0.15) is 5.56 Å². The smallest absolute Gasteiger partial charge is 0.264 e. The summed E-state index contributed by atoms with van der Waals surface area (Å²) in [5.74, 6) is 0. The van der Waals surface area contributed by atoms with Crippen LogP contribution in [-0.4, -0.2) is 24.7 Å². The Kier molecular flexibility index (Phi) is 2.18. The van der Waals surface area contributed by atoms with Gasteiger partial charge in [0.25, 0.3) is 5.56 Å². The SMILES string of the molecule is O=c1c2cn[nH]c2ncn1Cc1ccncc1. The Bertz CT molecular complexity index is 700. The number of pyridine rings is 1. The van der Waals surface area contributed by atoms with Crippen LogP contribution < -0.4 is 5.56 Å². The van der Waals surface area contributed by atoms with Crippen molar-refractivity contribution in [3.8, 4) is 0 Å². The van der Waals surface area contributed by atoms with Crippen molar-refractivity contribution in [2.75, 3.05) is 0 Å². The van der Waals surface area contributed by atoms with Gasteiger partial charge >= 0.3 is 0 Å². The molecule has 0 aromatic carbocycles. The highest BCUT2D eigenvalue weighted by atomic mass is 16.1. The van der Waals surface area contributed by atoms with Gasteiger partial charge in [-0.2, -0.15) is 5.10 Å². The zero-order valence-electron chi connectivity index (χ0n) is 8.87. The van der Waals surface area contributed by atoms with Crippen LogP contribution in [0.2, 0.25) is 0 Å². The molecule has 0 atom stereocenters. The van der Waals surface area contributed by atoms with E-state index in [1.165, 1.54) is 12.5 Å². The molecule has 0 spiro atoms. The Hall–Kier alpha value is -2.50. The van der Waals surface area contributed by atoms with E-state index in [0.29, 0.717) is 17.6 Å². The normalized spacial score (nSPS) is 10.8. The van der Waals surface area contributed by atoms with Crippen molar-refractivity contribution in [1.29, 1.82) is 0 Å². The van der Waals surface area contributed by atoms with Gasteiger partial charge < -0.3 is 0 Å². The molecule has 0 aliphatic rings. The Morgan fingerprint density at radius 1 is 1.29 bits per heavy atom. The molecule has 84 valence electrons. The summed E-state index contributed by atoms with van der Waals surface area (Å²) in [6.07, 6.45) is 6.41. The third-order valence-electron chi connectivity index (χ3n) is 2.54. The molecule has 3 rings (SSSR count). The first-order chi connectivity index (χ1) is 8.34. The molecule has 0 saturated carbocycles. The van der Waals surface area contributed by atoms with Gasteiger partial charge in [-0.05, 0) is 17.7 Å². The fourth-order valence-electron chi connectivity index (χ4n) is 1.67. The highest BCUT2D eigenvalue weighted by Crippen LogP contribution is 2.02. The van der Waals surface area contributed by atoms with Crippen molar-refractivity contribution in [2.24, 2.45) is 0 Å². The molecule has 0 saturated heterocycles. The molecule has 3 heterocycles. The van der Waals surface area contributed by atoms with E-state index < -0.39 is 0 Å². The van der Waals surface area contributed by atoms with E-state index in [0.717, 1.165) is 5.56 Å². The molecule has 0 aliphatic carbocycles. The number of hydrogen-bond donors (Lipinski definition) is 1. The molecule has 0 unspecified atom stereocenters. The van der Waals surface area contributed by atoms with Gasteiger partial charge in [0.15, 0.2) is 5.65 Å². The Balaban J connectivity index is 2.07. The molecule has 0 radical (unpaired) electrons. The Morgan fingerprint density at radius 2 is 2.12 bits per heavy atom. The van der Waals surface area contributed by atoms with Crippen molar-refractivity contribution >= 4 is 11.0 Å². The van der Waals surface area contributed by atoms with E-state index in [1.54, 1.807) is 17.0 Å². The third-order valence-corrected chi connectivity index (χ3v) is 2.54. The number of hydrogen-bond acceptors (Lipinski definition) is 4. The molecule has 0 bridgehead atoms. The maximum absolute atomic E-state index is 12.0. The zero-order valence-corrected chi connectivity index (χ0v) is 8.87. The van der Waals surface area contributed by atoms with Crippen LogP contribution in [0.15, 0.2) is 41.8 Å². The van der Waals surface area contributed by atoms with Crippen molar-refractivity contribution in [2.45, 2.75) is 6.54 Å². The van der Waals surface area contributed by atoms with Crippen LogP contribution >= 0.6 is 0 Å². The second-order valence-corrected chi connectivity index (χ2v) is 3.67. The Morgan fingerprint density at radius 3 is 2.94 bits per heavy atom. The fourth-order valence-corrected chi connectivity index (χ4v) is 1.67. The number of aromatic nitrogens is 5. The third kappa shape index (κ3) is 1.69. The van der Waals surface area contributed by atoms with E-state index in [2.05, 4.69) is 20.2 Å². The van der Waals surface area contributed by atoms with Gasteiger partial charge in [-0.15, -0.1) is 0 Å². The van der Waals surface area contributed by atoms with Crippen molar-refractivity contribution in [3.63, 3.8) is 0 Å². The van der Waals surface area contributed by atoms with Gasteiger partial charge in [0.05, 0.1) is 12.7 Å². The number of nitrogens with one attached hydrogen (secondary N) is 1. The second kappa shape index (κ2) is 3.82. The lowest BCUT2D eigenvalue weighted by molar-refractivity contribution is 0.746. The summed E-state index contributed by atoms with van der Waals surface area (Å²) in [5, 5.41) is 6.97. The topological polar surface area (TPSA) is 76.5 Å². The number of fused-ring (bicyclic) bond motifs is 1.